The molecule has 25 heteroatoms. The zero-order valence-corrected chi connectivity index (χ0v) is 41.5. The number of carbonyl (C=O) groups excluding carboxylic acids is 3. The average Bonchev–Trinajstić information content (AvgIpc) is 4.24. The lowest BCUT2D eigenvalue weighted by Gasteiger charge is -2.08. The molecular weight excluding hydrogens is 1020 g/mol. The Morgan fingerprint density at radius 2 is 1.12 bits per heavy atom. The van der Waals surface area contributed by atoms with E-state index >= 15 is 0 Å². The number of hydrogen-bond donors (Lipinski definition) is 3. The number of benzene rings is 2. The van der Waals surface area contributed by atoms with Gasteiger partial charge in [-0.3, -0.25) is 24.4 Å². The van der Waals surface area contributed by atoms with Gasteiger partial charge in [-0.2, -0.15) is 10.2 Å². The minimum atomic E-state index is -3.74. The Bertz CT molecular complexity index is 3430. The minimum absolute atomic E-state index is 0. The Labute approximate surface area is 430 Å². The highest BCUT2D eigenvalue weighted by molar-refractivity contribution is 7.91. The Kier molecular flexibility index (Phi) is 19.8. The third-order valence-electron chi connectivity index (χ3n) is 10.9. The second kappa shape index (κ2) is 26.3. The first-order valence-corrected chi connectivity index (χ1v) is 25.8. The van der Waals surface area contributed by atoms with Gasteiger partial charge < -0.3 is 24.8 Å². The lowest BCUT2D eigenvalue weighted by molar-refractivity contribution is -0.140. The Morgan fingerprint density at radius 1 is 0.640 bits per heavy atom. The van der Waals surface area contributed by atoms with E-state index in [0.29, 0.717) is 55.4 Å². The van der Waals surface area contributed by atoms with Crippen LogP contribution in [0.15, 0.2) is 132 Å². The minimum Gasteiger partial charge on any atom is -0.469 e. The number of nitrogens with zero attached hydrogens (tertiary/aromatic N) is 8. The number of methoxy groups -OCH3 is 2. The molecule has 394 valence electrons. The quantitative estimate of drug-likeness (QED) is 0.0754. The number of halogens is 2. The van der Waals surface area contributed by atoms with Crippen LogP contribution in [0.4, 0.5) is 8.78 Å². The van der Waals surface area contributed by atoms with Crippen molar-refractivity contribution in [3.63, 3.8) is 0 Å². The van der Waals surface area contributed by atoms with Gasteiger partial charge in [-0.1, -0.05) is 19.6 Å². The molecule has 1 aliphatic rings. The molecule has 0 aliphatic carbocycles. The van der Waals surface area contributed by atoms with Gasteiger partial charge >= 0.3 is 5.97 Å². The largest absolute Gasteiger partial charge is 0.469 e. The summed E-state index contributed by atoms with van der Waals surface area (Å²) >= 11 is 0. The number of esters is 1. The van der Waals surface area contributed by atoms with Gasteiger partial charge in [-0.15, -0.1) is 0 Å². The molecule has 0 atom stereocenters. The third kappa shape index (κ3) is 14.8. The van der Waals surface area contributed by atoms with Crippen LogP contribution in [0, 0.1) is 11.6 Å². The standard InChI is InChI=1S/C23H20FN5O5S.C22H21FN6O4S.C4H8O.CH4/c1-34-22(30)8-9-35(32,33)21-7-2-15(10-26-21)11-27-23(31)19-12-25-14-20-18(19)13-28-29(20)17-5-3-16(24)4-6-17;1-33-9-8-28-34(31,32)21-7-2-15(10-25-21)11-26-22(30)19-12-24-14-20-18(19)13-27-29(20)17-5-3-16(23)4-6-17;1-2-4-5-3-1;/h2-7,10,12-14H,8-9,11H2,1H3,(H,27,31);2-7,10,12-14,28H,8-9,11H2,1H3,(H,26,30);1-4H2;1H4. The lowest BCUT2D eigenvalue weighted by atomic mass is 10.1. The molecule has 0 bridgehead atoms. The smallest absolute Gasteiger partial charge is 0.306 e. The van der Waals surface area contributed by atoms with Crippen molar-refractivity contribution < 1.29 is 54.2 Å². The van der Waals surface area contributed by atoms with Gasteiger partial charge in [0.1, 0.15) is 11.6 Å². The first kappa shape index (κ1) is 56.3. The third-order valence-corrected chi connectivity index (χ3v) is 13.9. The highest BCUT2D eigenvalue weighted by Gasteiger charge is 2.20. The maximum absolute atomic E-state index is 13.2. The fourth-order valence-corrected chi connectivity index (χ4v) is 9.11. The zero-order valence-electron chi connectivity index (χ0n) is 39.9. The molecule has 0 radical (unpaired) electrons. The maximum atomic E-state index is 13.2. The lowest BCUT2D eigenvalue weighted by Crippen LogP contribution is -2.28. The van der Waals surface area contributed by atoms with E-state index in [2.05, 4.69) is 50.2 Å². The highest BCUT2D eigenvalue weighted by Crippen LogP contribution is 2.23. The number of nitrogens with one attached hydrogen (secondary N) is 3. The summed E-state index contributed by atoms with van der Waals surface area (Å²) in [5, 5.41) is 15.0. The number of rotatable bonds is 17. The molecule has 8 aromatic rings. The van der Waals surface area contributed by atoms with Crippen LogP contribution in [0.25, 0.3) is 33.2 Å². The van der Waals surface area contributed by atoms with E-state index in [1.165, 1.54) is 101 Å². The number of sulfonamides is 1. The van der Waals surface area contributed by atoms with Gasteiger partial charge in [-0.05, 0) is 84.6 Å². The molecule has 2 amide bonds. The molecule has 0 spiro atoms. The normalized spacial score (nSPS) is 12.2. The number of carbonyl (C=O) groups is 3. The monoisotopic (exact) mass is 1070 g/mol. The Morgan fingerprint density at radius 3 is 1.53 bits per heavy atom. The fraction of sp³-hybridized carbons (Fsp3) is 0.260. The van der Waals surface area contributed by atoms with E-state index in [1.807, 2.05) is 0 Å². The highest BCUT2D eigenvalue weighted by atomic mass is 32.2. The van der Waals surface area contributed by atoms with E-state index in [-0.39, 0.29) is 67.7 Å². The number of pyridine rings is 4. The molecule has 0 unspecified atom stereocenters. The van der Waals surface area contributed by atoms with Crippen LogP contribution in [0.3, 0.4) is 0 Å². The molecule has 1 aliphatic heterocycles. The molecule has 7 heterocycles. The Hall–Kier alpha value is -7.97. The van der Waals surface area contributed by atoms with Crippen molar-refractivity contribution in [2.24, 2.45) is 0 Å². The van der Waals surface area contributed by atoms with Crippen molar-refractivity contribution in [1.29, 1.82) is 0 Å². The van der Waals surface area contributed by atoms with Gasteiger partial charge in [0.2, 0.25) is 0 Å². The average molecular weight is 1070 g/mol. The summed E-state index contributed by atoms with van der Waals surface area (Å²) in [6, 6.07) is 17.4. The molecule has 21 nitrogen and oxygen atoms in total. The van der Waals surface area contributed by atoms with Crippen LogP contribution in [0.1, 0.15) is 58.5 Å². The molecule has 3 N–H and O–H groups in total. The van der Waals surface area contributed by atoms with E-state index < -0.39 is 37.5 Å². The van der Waals surface area contributed by atoms with Gasteiger partial charge in [0.15, 0.2) is 19.9 Å². The first-order chi connectivity index (χ1) is 35.7. The van der Waals surface area contributed by atoms with Crippen LogP contribution >= 0.6 is 0 Å². The summed E-state index contributed by atoms with van der Waals surface area (Å²) in [6.45, 7) is 2.60. The number of ether oxygens (including phenoxy) is 3. The van der Waals surface area contributed by atoms with Crippen LogP contribution in [-0.4, -0.2) is 120 Å². The topological polar surface area (TPSA) is 270 Å². The summed E-state index contributed by atoms with van der Waals surface area (Å²) < 4.78 is 95.2. The second-order valence-corrected chi connectivity index (χ2v) is 19.8. The van der Waals surface area contributed by atoms with Crippen molar-refractivity contribution in [3.8, 4) is 11.4 Å². The van der Waals surface area contributed by atoms with Crippen molar-refractivity contribution in [2.45, 2.75) is 49.8 Å². The summed E-state index contributed by atoms with van der Waals surface area (Å²) in [5.74, 6) is -2.55. The zero-order chi connectivity index (χ0) is 52.7. The van der Waals surface area contributed by atoms with Gasteiger partial charge in [0, 0.05) is 75.5 Å². The van der Waals surface area contributed by atoms with Crippen molar-refractivity contribution in [1.82, 2.24) is 54.9 Å². The van der Waals surface area contributed by atoms with Crippen LogP contribution in [0.2, 0.25) is 0 Å². The van der Waals surface area contributed by atoms with Gasteiger partial charge in [-0.25, -0.2) is 49.7 Å². The van der Waals surface area contributed by atoms with Crippen molar-refractivity contribution >= 4 is 59.5 Å². The van der Waals surface area contributed by atoms with E-state index in [1.54, 1.807) is 58.3 Å². The molecule has 9 rings (SSSR count). The summed E-state index contributed by atoms with van der Waals surface area (Å²) in [6.07, 6.45) is 14.1. The van der Waals surface area contributed by atoms with E-state index in [0.717, 1.165) is 13.2 Å². The predicted molar refractivity (Wildman–Crippen MR) is 271 cm³/mol. The molecule has 75 heavy (non-hydrogen) atoms. The predicted octanol–water partition coefficient (Wildman–Crippen LogP) is 5.46. The maximum Gasteiger partial charge on any atom is 0.306 e. The molecule has 0 saturated carbocycles. The molecule has 1 saturated heterocycles. The van der Waals surface area contributed by atoms with E-state index in [9.17, 15) is 40.0 Å². The number of aromatic nitrogens is 8. The second-order valence-electron chi connectivity index (χ2n) is 16.0. The number of fused-ring (bicyclic) bond motifs is 2. The SMILES string of the molecule is C.C1CCOC1.COC(=O)CCS(=O)(=O)c1ccc(CNC(=O)c2cncc3c2cnn3-c2ccc(F)cc2)cn1.COCCNS(=O)(=O)c1ccc(CNC(=O)c2cncc3c2cnn3-c2ccc(F)cc2)cn1. The summed E-state index contributed by atoms with van der Waals surface area (Å²) in [4.78, 5) is 53.1. The van der Waals surface area contributed by atoms with Gasteiger partial charge in [0.25, 0.3) is 21.8 Å². The van der Waals surface area contributed by atoms with Crippen molar-refractivity contribution in [3.05, 3.63) is 156 Å². The molecular formula is C50H53F2N11O10S2. The van der Waals surface area contributed by atoms with Crippen LogP contribution < -0.4 is 15.4 Å². The summed E-state index contributed by atoms with van der Waals surface area (Å²) in [7, 11) is -4.82. The van der Waals surface area contributed by atoms with Gasteiger partial charge in [0.05, 0.1) is 84.2 Å². The van der Waals surface area contributed by atoms with E-state index in [4.69, 9.17) is 9.47 Å². The molecule has 6 aromatic heterocycles. The summed E-state index contributed by atoms with van der Waals surface area (Å²) in [5.41, 5.74) is 4.23. The number of sulfone groups is 1. The van der Waals surface area contributed by atoms with Crippen LogP contribution in [0.5, 0.6) is 0 Å². The Balaban J connectivity index is 0.000000220. The number of amides is 2. The molecule has 1 fully saturated rings. The van der Waals surface area contributed by atoms with Crippen LogP contribution in [-0.2, 0) is 52.0 Å². The molecule has 2 aromatic carbocycles. The number of hydrogen-bond acceptors (Lipinski definition) is 16. The first-order valence-electron chi connectivity index (χ1n) is 22.6. The fourth-order valence-electron chi connectivity index (χ4n) is 7.04. The van der Waals surface area contributed by atoms with Crippen molar-refractivity contribution in [2.75, 3.05) is 46.3 Å².